The standard InChI is InChI=1S/C17H20N4O/c1-13-7-3-4-8-14(13)17(22)18-15-9-10-16(20-19-15)21-11-5-2-6-12-21/h3-4,7-10H,2,5-6,11-12H2,1H3,(H,18,19,22). The van der Waals surface area contributed by atoms with Crippen molar-refractivity contribution in [2.24, 2.45) is 0 Å². The second-order valence-corrected chi connectivity index (χ2v) is 5.59. The van der Waals surface area contributed by atoms with E-state index in [1.807, 2.05) is 37.3 Å². The van der Waals surface area contributed by atoms with Gasteiger partial charge in [0.05, 0.1) is 0 Å². The van der Waals surface area contributed by atoms with Crippen LogP contribution in [-0.4, -0.2) is 29.2 Å². The van der Waals surface area contributed by atoms with E-state index in [0.29, 0.717) is 11.4 Å². The molecule has 1 aromatic carbocycles. The van der Waals surface area contributed by atoms with Crippen molar-refractivity contribution in [1.29, 1.82) is 0 Å². The highest BCUT2D eigenvalue weighted by Gasteiger charge is 2.13. The summed E-state index contributed by atoms with van der Waals surface area (Å²) in [7, 11) is 0. The quantitative estimate of drug-likeness (QED) is 0.946. The van der Waals surface area contributed by atoms with Crippen LogP contribution in [0.2, 0.25) is 0 Å². The largest absolute Gasteiger partial charge is 0.355 e. The Morgan fingerprint density at radius 3 is 2.50 bits per heavy atom. The van der Waals surface area contributed by atoms with Crippen molar-refractivity contribution < 1.29 is 4.79 Å². The lowest BCUT2D eigenvalue weighted by molar-refractivity contribution is 0.102. The van der Waals surface area contributed by atoms with Crippen molar-refractivity contribution in [3.63, 3.8) is 0 Å². The Balaban J connectivity index is 1.68. The molecule has 1 saturated heterocycles. The number of carbonyl (C=O) groups is 1. The van der Waals surface area contributed by atoms with Gasteiger partial charge in [-0.2, -0.15) is 0 Å². The summed E-state index contributed by atoms with van der Waals surface area (Å²) in [5.74, 6) is 1.21. The maximum absolute atomic E-state index is 12.2. The van der Waals surface area contributed by atoms with Gasteiger partial charge in [-0.25, -0.2) is 0 Å². The number of benzene rings is 1. The summed E-state index contributed by atoms with van der Waals surface area (Å²) in [6.07, 6.45) is 3.69. The third-order valence-electron chi connectivity index (χ3n) is 3.96. The molecule has 1 aromatic heterocycles. The van der Waals surface area contributed by atoms with Crippen LogP contribution in [0.15, 0.2) is 36.4 Å². The average molecular weight is 296 g/mol. The van der Waals surface area contributed by atoms with E-state index in [0.717, 1.165) is 24.5 Å². The molecule has 0 radical (unpaired) electrons. The summed E-state index contributed by atoms with van der Waals surface area (Å²) < 4.78 is 0. The molecular formula is C17H20N4O. The predicted octanol–water partition coefficient (Wildman–Crippen LogP) is 3.03. The zero-order valence-electron chi connectivity index (χ0n) is 12.7. The number of aryl methyl sites for hydroxylation is 1. The Bertz CT molecular complexity index is 648. The Morgan fingerprint density at radius 1 is 1.05 bits per heavy atom. The summed E-state index contributed by atoms with van der Waals surface area (Å²) in [4.78, 5) is 14.5. The molecule has 0 spiro atoms. The maximum atomic E-state index is 12.2. The number of piperidine rings is 1. The molecule has 0 saturated carbocycles. The first kappa shape index (κ1) is 14.5. The number of carbonyl (C=O) groups excluding carboxylic acids is 1. The molecule has 5 nitrogen and oxygen atoms in total. The van der Waals surface area contributed by atoms with Crippen molar-refractivity contribution in [1.82, 2.24) is 10.2 Å². The average Bonchev–Trinajstić information content (AvgIpc) is 2.57. The topological polar surface area (TPSA) is 58.1 Å². The fourth-order valence-electron chi connectivity index (χ4n) is 2.69. The van der Waals surface area contributed by atoms with E-state index in [2.05, 4.69) is 20.4 Å². The molecule has 0 aliphatic carbocycles. The van der Waals surface area contributed by atoms with Gasteiger partial charge in [-0.3, -0.25) is 4.79 Å². The summed E-state index contributed by atoms with van der Waals surface area (Å²) in [5, 5.41) is 11.2. The van der Waals surface area contributed by atoms with Crippen LogP contribution in [0.3, 0.4) is 0 Å². The van der Waals surface area contributed by atoms with Gasteiger partial charge in [0.2, 0.25) is 0 Å². The van der Waals surface area contributed by atoms with Gasteiger partial charge < -0.3 is 10.2 Å². The second kappa shape index (κ2) is 6.56. The molecule has 1 aliphatic rings. The van der Waals surface area contributed by atoms with Gasteiger partial charge in [0.15, 0.2) is 11.6 Å². The fraction of sp³-hybridized carbons (Fsp3) is 0.353. The Morgan fingerprint density at radius 2 is 1.82 bits per heavy atom. The number of nitrogens with one attached hydrogen (secondary N) is 1. The third-order valence-corrected chi connectivity index (χ3v) is 3.96. The molecule has 0 unspecified atom stereocenters. The zero-order chi connectivity index (χ0) is 15.4. The van der Waals surface area contributed by atoms with Crippen LogP contribution in [0.25, 0.3) is 0 Å². The normalized spacial score (nSPS) is 14.7. The van der Waals surface area contributed by atoms with Crippen LogP contribution in [-0.2, 0) is 0 Å². The molecule has 1 aliphatic heterocycles. The smallest absolute Gasteiger partial charge is 0.257 e. The van der Waals surface area contributed by atoms with Gasteiger partial charge >= 0.3 is 0 Å². The minimum Gasteiger partial charge on any atom is -0.355 e. The first-order chi connectivity index (χ1) is 10.7. The monoisotopic (exact) mass is 296 g/mol. The molecule has 5 heteroatoms. The van der Waals surface area contributed by atoms with Gasteiger partial charge in [0, 0.05) is 18.7 Å². The number of amides is 1. The molecule has 2 aromatic rings. The minimum absolute atomic E-state index is 0.155. The SMILES string of the molecule is Cc1ccccc1C(=O)Nc1ccc(N2CCCCC2)nn1. The first-order valence-corrected chi connectivity index (χ1v) is 7.70. The van der Waals surface area contributed by atoms with E-state index in [1.54, 1.807) is 6.07 Å². The lowest BCUT2D eigenvalue weighted by atomic mass is 10.1. The highest BCUT2D eigenvalue weighted by molar-refractivity contribution is 6.04. The van der Waals surface area contributed by atoms with Gasteiger partial charge in [-0.1, -0.05) is 18.2 Å². The van der Waals surface area contributed by atoms with E-state index in [4.69, 9.17) is 0 Å². The Kier molecular flexibility index (Phi) is 4.32. The van der Waals surface area contributed by atoms with Crippen LogP contribution in [0, 0.1) is 6.92 Å². The molecule has 0 atom stereocenters. The van der Waals surface area contributed by atoms with Crippen molar-refractivity contribution >= 4 is 17.5 Å². The summed E-state index contributed by atoms with van der Waals surface area (Å²) in [6.45, 7) is 3.98. The van der Waals surface area contributed by atoms with Crippen molar-refractivity contribution in [3.05, 3.63) is 47.5 Å². The van der Waals surface area contributed by atoms with E-state index in [9.17, 15) is 4.79 Å². The molecule has 114 valence electrons. The first-order valence-electron chi connectivity index (χ1n) is 7.70. The van der Waals surface area contributed by atoms with Crippen LogP contribution in [0.1, 0.15) is 35.2 Å². The van der Waals surface area contributed by atoms with Crippen molar-refractivity contribution in [2.45, 2.75) is 26.2 Å². The summed E-state index contributed by atoms with van der Waals surface area (Å²) in [6, 6.07) is 11.2. The minimum atomic E-state index is -0.155. The number of hydrogen-bond donors (Lipinski definition) is 1. The van der Waals surface area contributed by atoms with Crippen molar-refractivity contribution in [2.75, 3.05) is 23.3 Å². The lowest BCUT2D eigenvalue weighted by Crippen LogP contribution is -2.30. The molecule has 3 rings (SSSR count). The number of aromatic nitrogens is 2. The number of hydrogen-bond acceptors (Lipinski definition) is 4. The molecule has 22 heavy (non-hydrogen) atoms. The van der Waals surface area contributed by atoms with Crippen LogP contribution in [0.5, 0.6) is 0 Å². The molecule has 1 N–H and O–H groups in total. The number of nitrogens with zero attached hydrogens (tertiary/aromatic N) is 3. The van der Waals surface area contributed by atoms with Gasteiger partial charge in [0.25, 0.3) is 5.91 Å². The highest BCUT2D eigenvalue weighted by atomic mass is 16.1. The fourth-order valence-corrected chi connectivity index (χ4v) is 2.69. The lowest BCUT2D eigenvalue weighted by Gasteiger charge is -2.27. The molecule has 1 fully saturated rings. The third kappa shape index (κ3) is 3.24. The number of rotatable bonds is 3. The van der Waals surface area contributed by atoms with E-state index in [1.165, 1.54) is 19.3 Å². The highest BCUT2D eigenvalue weighted by Crippen LogP contribution is 2.18. The molecular weight excluding hydrogens is 276 g/mol. The Labute approximate surface area is 130 Å². The van der Waals surface area contributed by atoms with E-state index < -0.39 is 0 Å². The number of anilines is 2. The summed E-state index contributed by atoms with van der Waals surface area (Å²) >= 11 is 0. The predicted molar refractivity (Wildman–Crippen MR) is 87.2 cm³/mol. The van der Waals surface area contributed by atoms with Crippen LogP contribution < -0.4 is 10.2 Å². The van der Waals surface area contributed by atoms with E-state index >= 15 is 0 Å². The van der Waals surface area contributed by atoms with E-state index in [-0.39, 0.29) is 5.91 Å². The Hall–Kier alpha value is -2.43. The van der Waals surface area contributed by atoms with Gasteiger partial charge in [-0.05, 0) is 49.9 Å². The second-order valence-electron chi connectivity index (χ2n) is 5.59. The van der Waals surface area contributed by atoms with Crippen molar-refractivity contribution in [3.8, 4) is 0 Å². The van der Waals surface area contributed by atoms with Crippen LogP contribution >= 0.6 is 0 Å². The van der Waals surface area contributed by atoms with Crippen LogP contribution in [0.4, 0.5) is 11.6 Å². The molecule has 1 amide bonds. The maximum Gasteiger partial charge on any atom is 0.257 e. The molecule has 2 heterocycles. The zero-order valence-corrected chi connectivity index (χ0v) is 12.7. The summed E-state index contributed by atoms with van der Waals surface area (Å²) in [5.41, 5.74) is 1.60. The molecule has 0 bridgehead atoms. The van der Waals surface area contributed by atoms with Gasteiger partial charge in [0.1, 0.15) is 0 Å². The van der Waals surface area contributed by atoms with Gasteiger partial charge in [-0.15, -0.1) is 10.2 Å².